The first-order valence-corrected chi connectivity index (χ1v) is 11.4. The third-order valence-electron chi connectivity index (χ3n) is 4.88. The van der Waals surface area contributed by atoms with E-state index < -0.39 is 0 Å². The molecule has 1 heterocycles. The van der Waals surface area contributed by atoms with Gasteiger partial charge in [0.25, 0.3) is 5.91 Å². The number of anilines is 1. The summed E-state index contributed by atoms with van der Waals surface area (Å²) >= 11 is 6.81. The number of hydrogen-bond acceptors (Lipinski definition) is 6. The quantitative estimate of drug-likeness (QED) is 0.474. The van der Waals surface area contributed by atoms with Gasteiger partial charge in [0.05, 0.1) is 18.3 Å². The summed E-state index contributed by atoms with van der Waals surface area (Å²) < 4.78 is 10.9. The van der Waals surface area contributed by atoms with E-state index in [0.717, 1.165) is 31.2 Å². The molecule has 0 aliphatic heterocycles. The number of aryl methyl sites for hydroxylation is 1. The zero-order chi connectivity index (χ0) is 21.7. The SMILES string of the molecule is CCOC(=O)c1c(NC(=S)NC(=O)c2ccc(OC(C)CC)cc2)sc2c1CCC2. The Hall–Kier alpha value is -2.45. The van der Waals surface area contributed by atoms with Gasteiger partial charge in [0.15, 0.2) is 5.11 Å². The van der Waals surface area contributed by atoms with E-state index in [0.29, 0.717) is 28.5 Å². The molecule has 1 unspecified atom stereocenters. The Balaban J connectivity index is 1.66. The number of benzene rings is 1. The Morgan fingerprint density at radius 1 is 1.20 bits per heavy atom. The van der Waals surface area contributed by atoms with Gasteiger partial charge in [0, 0.05) is 10.4 Å². The number of hydrogen-bond donors (Lipinski definition) is 2. The maximum atomic E-state index is 12.5. The van der Waals surface area contributed by atoms with E-state index in [2.05, 4.69) is 17.6 Å². The van der Waals surface area contributed by atoms with Crippen LogP contribution in [-0.2, 0) is 17.6 Å². The number of esters is 1. The first-order valence-electron chi connectivity index (χ1n) is 10.1. The molecule has 0 spiro atoms. The van der Waals surface area contributed by atoms with Crippen LogP contribution in [0.2, 0.25) is 0 Å². The molecule has 1 aliphatic rings. The second-order valence-electron chi connectivity index (χ2n) is 7.05. The number of thiophene rings is 1. The van der Waals surface area contributed by atoms with E-state index in [1.54, 1.807) is 31.2 Å². The number of amides is 1. The van der Waals surface area contributed by atoms with Crippen molar-refractivity contribution in [3.8, 4) is 5.75 Å². The molecule has 3 rings (SSSR count). The minimum atomic E-state index is -0.356. The molecular formula is C22H26N2O4S2. The average molecular weight is 447 g/mol. The van der Waals surface area contributed by atoms with Crippen molar-refractivity contribution in [2.45, 2.75) is 52.6 Å². The van der Waals surface area contributed by atoms with Crippen LogP contribution in [0.15, 0.2) is 24.3 Å². The highest BCUT2D eigenvalue weighted by molar-refractivity contribution is 7.80. The van der Waals surface area contributed by atoms with Crippen molar-refractivity contribution in [2.75, 3.05) is 11.9 Å². The van der Waals surface area contributed by atoms with Crippen molar-refractivity contribution in [1.29, 1.82) is 0 Å². The second-order valence-corrected chi connectivity index (χ2v) is 8.56. The highest BCUT2D eigenvalue weighted by atomic mass is 32.1. The number of ether oxygens (including phenoxy) is 2. The lowest BCUT2D eigenvalue weighted by Gasteiger charge is -2.13. The monoisotopic (exact) mass is 446 g/mol. The molecule has 0 saturated heterocycles. The van der Waals surface area contributed by atoms with E-state index in [4.69, 9.17) is 21.7 Å². The summed E-state index contributed by atoms with van der Waals surface area (Å²) in [6, 6.07) is 6.92. The van der Waals surface area contributed by atoms with E-state index in [1.165, 1.54) is 16.2 Å². The van der Waals surface area contributed by atoms with Gasteiger partial charge in [0.1, 0.15) is 10.8 Å². The van der Waals surface area contributed by atoms with Crippen LogP contribution in [0.3, 0.4) is 0 Å². The third kappa shape index (κ3) is 5.17. The van der Waals surface area contributed by atoms with Crippen molar-refractivity contribution in [3.05, 3.63) is 45.8 Å². The van der Waals surface area contributed by atoms with Crippen LogP contribution in [0.1, 0.15) is 64.8 Å². The lowest BCUT2D eigenvalue weighted by molar-refractivity contribution is 0.0527. The fourth-order valence-electron chi connectivity index (χ4n) is 3.22. The van der Waals surface area contributed by atoms with Crippen LogP contribution in [0, 0.1) is 0 Å². The molecule has 1 aliphatic carbocycles. The fourth-order valence-corrected chi connectivity index (χ4v) is 4.76. The molecular weight excluding hydrogens is 420 g/mol. The lowest BCUT2D eigenvalue weighted by atomic mass is 10.1. The maximum Gasteiger partial charge on any atom is 0.341 e. The van der Waals surface area contributed by atoms with Crippen LogP contribution in [0.25, 0.3) is 0 Å². The smallest absolute Gasteiger partial charge is 0.341 e. The molecule has 8 heteroatoms. The third-order valence-corrected chi connectivity index (χ3v) is 6.30. The van der Waals surface area contributed by atoms with Crippen LogP contribution in [-0.4, -0.2) is 29.7 Å². The van der Waals surface area contributed by atoms with E-state index in [-0.39, 0.29) is 23.1 Å². The summed E-state index contributed by atoms with van der Waals surface area (Å²) in [6.07, 6.45) is 3.85. The number of carbonyl (C=O) groups excluding carboxylic acids is 2. The van der Waals surface area contributed by atoms with Crippen molar-refractivity contribution in [1.82, 2.24) is 5.32 Å². The van der Waals surface area contributed by atoms with E-state index in [1.807, 2.05) is 6.92 Å². The standard InChI is InChI=1S/C22H26N2O4S2/c1-4-13(3)28-15-11-9-14(10-12-15)19(25)23-22(29)24-20-18(21(26)27-5-2)16-7-6-8-17(16)30-20/h9-13H,4-8H2,1-3H3,(H2,23,24,25,29). The number of fused-ring (bicyclic) bond motifs is 1. The number of rotatable bonds is 7. The lowest BCUT2D eigenvalue weighted by Crippen LogP contribution is -2.34. The first kappa shape index (κ1) is 22.2. The zero-order valence-corrected chi connectivity index (χ0v) is 19.0. The second kappa shape index (κ2) is 10.0. The largest absolute Gasteiger partial charge is 0.491 e. The minimum Gasteiger partial charge on any atom is -0.491 e. The summed E-state index contributed by atoms with van der Waals surface area (Å²) in [5.74, 6) is 0.0311. The molecule has 0 fully saturated rings. The van der Waals surface area contributed by atoms with E-state index in [9.17, 15) is 9.59 Å². The number of thiocarbonyl (C=S) groups is 1. The fraction of sp³-hybridized carbons (Fsp3) is 0.409. The van der Waals surface area contributed by atoms with Crippen LogP contribution >= 0.6 is 23.6 Å². The van der Waals surface area contributed by atoms with Gasteiger partial charge in [-0.05, 0) is 81.6 Å². The van der Waals surface area contributed by atoms with Gasteiger partial charge in [-0.1, -0.05) is 6.92 Å². The molecule has 1 aromatic heterocycles. The van der Waals surface area contributed by atoms with Gasteiger partial charge < -0.3 is 14.8 Å². The molecule has 6 nitrogen and oxygen atoms in total. The van der Waals surface area contributed by atoms with Gasteiger partial charge in [-0.3, -0.25) is 10.1 Å². The Morgan fingerprint density at radius 2 is 1.93 bits per heavy atom. The molecule has 1 atom stereocenters. The zero-order valence-electron chi connectivity index (χ0n) is 17.4. The molecule has 0 saturated carbocycles. The van der Waals surface area contributed by atoms with E-state index >= 15 is 0 Å². The average Bonchev–Trinajstić information content (AvgIpc) is 3.29. The summed E-state index contributed by atoms with van der Waals surface area (Å²) in [6.45, 7) is 6.13. The Bertz CT molecular complexity index is 937. The van der Waals surface area contributed by atoms with Crippen molar-refractivity contribution in [2.24, 2.45) is 0 Å². The van der Waals surface area contributed by atoms with Crippen molar-refractivity contribution >= 4 is 45.5 Å². The summed E-state index contributed by atoms with van der Waals surface area (Å²) in [5, 5.41) is 6.46. The maximum absolute atomic E-state index is 12.5. The predicted octanol–water partition coefficient (Wildman–Crippen LogP) is 4.72. The molecule has 0 bridgehead atoms. The first-order chi connectivity index (χ1) is 14.4. The number of nitrogens with one attached hydrogen (secondary N) is 2. The van der Waals surface area contributed by atoms with Crippen molar-refractivity contribution in [3.63, 3.8) is 0 Å². The van der Waals surface area contributed by atoms with Gasteiger partial charge in [-0.2, -0.15) is 0 Å². The highest BCUT2D eigenvalue weighted by Gasteiger charge is 2.28. The Morgan fingerprint density at radius 3 is 2.60 bits per heavy atom. The van der Waals surface area contributed by atoms with Gasteiger partial charge in [-0.15, -0.1) is 11.3 Å². The predicted molar refractivity (Wildman–Crippen MR) is 123 cm³/mol. The Labute approximate surface area is 186 Å². The van der Waals surface area contributed by atoms with Crippen molar-refractivity contribution < 1.29 is 19.1 Å². The van der Waals surface area contributed by atoms with Crippen LogP contribution in [0.5, 0.6) is 5.75 Å². The summed E-state index contributed by atoms with van der Waals surface area (Å²) in [7, 11) is 0. The Kier molecular flexibility index (Phi) is 7.44. The highest BCUT2D eigenvalue weighted by Crippen LogP contribution is 2.39. The van der Waals surface area contributed by atoms with Gasteiger partial charge in [-0.25, -0.2) is 4.79 Å². The molecule has 160 valence electrons. The molecule has 2 aromatic rings. The summed E-state index contributed by atoms with van der Waals surface area (Å²) in [5.41, 5.74) is 2.04. The molecule has 1 amide bonds. The normalized spacial score (nSPS) is 13.3. The summed E-state index contributed by atoms with van der Waals surface area (Å²) in [4.78, 5) is 26.1. The van der Waals surface area contributed by atoms with Gasteiger partial charge >= 0.3 is 5.97 Å². The number of carbonyl (C=O) groups is 2. The topological polar surface area (TPSA) is 76.7 Å². The minimum absolute atomic E-state index is 0.113. The molecule has 30 heavy (non-hydrogen) atoms. The van der Waals surface area contributed by atoms with Crippen LogP contribution in [0.4, 0.5) is 5.00 Å². The van der Waals surface area contributed by atoms with Crippen LogP contribution < -0.4 is 15.4 Å². The molecule has 0 radical (unpaired) electrons. The molecule has 2 N–H and O–H groups in total. The molecule has 1 aromatic carbocycles. The van der Waals surface area contributed by atoms with Gasteiger partial charge in [0.2, 0.25) is 0 Å².